The maximum atomic E-state index is 7.98. The van der Waals surface area contributed by atoms with Crippen LogP contribution in [0.2, 0.25) is 0 Å². The molecule has 1 aromatic heterocycles. The van der Waals surface area contributed by atoms with Gasteiger partial charge in [-0.3, -0.25) is 0 Å². The lowest BCUT2D eigenvalue weighted by Crippen LogP contribution is -2.10. The lowest BCUT2D eigenvalue weighted by Gasteiger charge is -2.26. The quantitative estimate of drug-likeness (QED) is 0.154. The first-order valence-corrected chi connectivity index (χ1v) is 19.1. The van der Waals surface area contributed by atoms with Gasteiger partial charge >= 0.3 is 0 Å². The number of hydrogen-bond acceptors (Lipinski definition) is 2. The largest absolute Gasteiger partial charge is 0.310 e. The highest BCUT2D eigenvalue weighted by atomic mass is 15.1. The Morgan fingerprint density at radius 2 is 0.825 bits per heavy atom. The topological polar surface area (TPSA) is 11.4 Å². The van der Waals surface area contributed by atoms with Gasteiger partial charge in [0.2, 0.25) is 0 Å². The van der Waals surface area contributed by atoms with Crippen molar-refractivity contribution in [1.29, 1.82) is 0 Å². The van der Waals surface area contributed by atoms with Crippen LogP contribution < -0.4 is 9.80 Å². The van der Waals surface area contributed by atoms with Crippen molar-refractivity contribution in [2.45, 2.75) is 13.7 Å². The summed E-state index contributed by atoms with van der Waals surface area (Å²) in [7, 11) is 0. The second-order valence-electron chi connectivity index (χ2n) is 14.3. The summed E-state index contributed by atoms with van der Waals surface area (Å²) in [6.07, 6.45) is 0. The first-order chi connectivity index (χ1) is 30.5. The van der Waals surface area contributed by atoms with Crippen molar-refractivity contribution in [1.82, 2.24) is 4.57 Å². The zero-order valence-electron chi connectivity index (χ0n) is 37.0. The number of rotatable bonds is 8. The molecule has 3 nitrogen and oxygen atoms in total. The van der Waals surface area contributed by atoms with Crippen LogP contribution in [0.4, 0.5) is 34.1 Å². The molecule has 0 fully saturated rings. The minimum Gasteiger partial charge on any atom is -0.310 e. The average molecular weight is 738 g/mol. The van der Waals surface area contributed by atoms with E-state index in [0.717, 1.165) is 83.5 Å². The Labute approximate surface area is 342 Å². The molecule has 0 atom stereocenters. The van der Waals surface area contributed by atoms with Gasteiger partial charge in [0.15, 0.2) is 0 Å². The molecule has 0 spiro atoms. The lowest BCUT2D eigenvalue weighted by molar-refractivity contribution is 1.18. The molecule has 9 aromatic carbocycles. The van der Waals surface area contributed by atoms with Crippen molar-refractivity contribution < 1.29 is 8.22 Å². The monoisotopic (exact) mass is 737 g/mol. The second kappa shape index (κ2) is 14.4. The molecular weight excluding hydrogens is 691 g/mol. The van der Waals surface area contributed by atoms with E-state index in [2.05, 4.69) is 136 Å². The van der Waals surface area contributed by atoms with Crippen LogP contribution in [0.1, 0.15) is 19.4 Å². The maximum absolute atomic E-state index is 7.98. The minimum atomic E-state index is -2.21. The molecule has 0 amide bonds. The molecular formula is C54H41N3. The van der Waals surface area contributed by atoms with Crippen LogP contribution in [0.15, 0.2) is 212 Å². The molecule has 272 valence electrons. The lowest BCUT2D eigenvalue weighted by atomic mass is 10.0. The fraction of sp³-hybridized carbons (Fsp3) is 0.0370. The fourth-order valence-corrected chi connectivity index (χ4v) is 8.00. The van der Waals surface area contributed by atoms with Crippen LogP contribution in [-0.2, 0) is 0 Å². The summed E-state index contributed by atoms with van der Waals surface area (Å²) in [6.45, 7) is -4.40. The zero-order chi connectivity index (χ0) is 43.3. The summed E-state index contributed by atoms with van der Waals surface area (Å²) in [5, 5.41) is 4.33. The first-order valence-electron chi connectivity index (χ1n) is 22.1. The van der Waals surface area contributed by atoms with Gasteiger partial charge in [0.05, 0.1) is 11.0 Å². The van der Waals surface area contributed by atoms with Gasteiger partial charge in [-0.25, -0.2) is 0 Å². The highest BCUT2D eigenvalue weighted by molar-refractivity contribution is 6.14. The zero-order valence-corrected chi connectivity index (χ0v) is 31.0. The molecule has 0 aliphatic heterocycles. The molecule has 0 saturated heterocycles. The summed E-state index contributed by atoms with van der Waals surface area (Å²) in [6, 6.07) is 71.1. The third kappa shape index (κ3) is 6.39. The van der Waals surface area contributed by atoms with E-state index < -0.39 is 13.7 Å². The highest BCUT2D eigenvalue weighted by Gasteiger charge is 2.19. The van der Waals surface area contributed by atoms with Gasteiger partial charge in [0, 0.05) is 58.8 Å². The average Bonchev–Trinajstić information content (AvgIpc) is 3.61. The van der Waals surface area contributed by atoms with E-state index in [1.165, 1.54) is 0 Å². The summed E-state index contributed by atoms with van der Waals surface area (Å²) < 4.78 is 50.1. The van der Waals surface area contributed by atoms with Gasteiger partial charge in [-0.05, 0) is 133 Å². The standard InChI is InChI=1S/C54H41N3/c1-38-18-25-46(26-19-38)55(44-14-8-4-9-15-44)49-31-24-42-35-52-51-33-32-50(56(45-16-10-5-11-17-45)47-27-20-39(2)21-28-47)37-54(51)57(53(52)36-43(42)34-49)48-29-22-41(23-30-48)40-12-6-3-7-13-40/h3-37H,1-2H3/i1D3,2D3. The SMILES string of the molecule is [2H]C([2H])([2H])c1ccc(N(c2ccccc2)c2ccc3cc4c5ccc(N(c6ccccc6)c6ccc(C([2H])([2H])[2H])cc6)cc5n(-c5ccc(-c6ccccc6)cc5)c4cc3c2)cc1. The van der Waals surface area contributed by atoms with Gasteiger partial charge in [-0.2, -0.15) is 0 Å². The molecule has 10 rings (SSSR count). The normalized spacial score (nSPS) is 13.3. The number of nitrogens with zero attached hydrogens (tertiary/aromatic N) is 3. The predicted molar refractivity (Wildman–Crippen MR) is 243 cm³/mol. The Hall–Kier alpha value is -7.36. The van der Waals surface area contributed by atoms with E-state index in [1.807, 2.05) is 66.7 Å². The molecule has 10 aromatic rings. The Kier molecular flexibility index (Phi) is 7.09. The fourth-order valence-electron chi connectivity index (χ4n) is 8.00. The van der Waals surface area contributed by atoms with Crippen molar-refractivity contribution in [2.24, 2.45) is 0 Å². The number of anilines is 6. The molecule has 0 unspecified atom stereocenters. The second-order valence-corrected chi connectivity index (χ2v) is 14.3. The van der Waals surface area contributed by atoms with Crippen LogP contribution in [0.25, 0.3) is 49.4 Å². The van der Waals surface area contributed by atoms with Gasteiger partial charge in [-0.15, -0.1) is 0 Å². The van der Waals surface area contributed by atoms with Crippen LogP contribution in [0.3, 0.4) is 0 Å². The summed E-state index contributed by atoms with van der Waals surface area (Å²) in [5.74, 6) is 0. The van der Waals surface area contributed by atoms with E-state index >= 15 is 0 Å². The van der Waals surface area contributed by atoms with Crippen molar-refractivity contribution in [3.63, 3.8) is 0 Å². The Balaban J connectivity index is 1.17. The predicted octanol–water partition coefficient (Wildman–Crippen LogP) is 15.2. The maximum Gasteiger partial charge on any atom is 0.0561 e. The highest BCUT2D eigenvalue weighted by Crippen LogP contribution is 2.42. The van der Waals surface area contributed by atoms with Crippen LogP contribution >= 0.6 is 0 Å². The Morgan fingerprint density at radius 1 is 0.351 bits per heavy atom. The van der Waals surface area contributed by atoms with E-state index in [-0.39, 0.29) is 0 Å². The summed E-state index contributed by atoms with van der Waals surface area (Å²) in [4.78, 5) is 4.31. The van der Waals surface area contributed by atoms with Gasteiger partial charge in [0.1, 0.15) is 0 Å². The molecule has 0 aliphatic rings. The van der Waals surface area contributed by atoms with Crippen molar-refractivity contribution >= 4 is 66.7 Å². The number of aromatic nitrogens is 1. The molecule has 0 N–H and O–H groups in total. The molecule has 0 saturated carbocycles. The number of hydrogen-bond donors (Lipinski definition) is 0. The van der Waals surface area contributed by atoms with E-state index in [0.29, 0.717) is 11.1 Å². The van der Waals surface area contributed by atoms with Crippen LogP contribution in [-0.4, -0.2) is 4.57 Å². The van der Waals surface area contributed by atoms with Gasteiger partial charge in [-0.1, -0.05) is 126 Å². The molecule has 3 heteroatoms. The number of benzene rings is 9. The number of fused-ring (bicyclic) bond motifs is 4. The van der Waals surface area contributed by atoms with Crippen molar-refractivity contribution in [3.8, 4) is 16.8 Å². The van der Waals surface area contributed by atoms with E-state index in [1.54, 1.807) is 24.3 Å². The summed E-state index contributed by atoms with van der Waals surface area (Å²) in [5.41, 5.74) is 11.4. The molecule has 0 aliphatic carbocycles. The first kappa shape index (κ1) is 28.1. The molecule has 0 radical (unpaired) electrons. The van der Waals surface area contributed by atoms with Gasteiger partial charge in [0.25, 0.3) is 0 Å². The Bertz CT molecular complexity index is 3220. The smallest absolute Gasteiger partial charge is 0.0561 e. The van der Waals surface area contributed by atoms with E-state index in [4.69, 9.17) is 8.22 Å². The Morgan fingerprint density at radius 3 is 1.40 bits per heavy atom. The third-order valence-corrected chi connectivity index (χ3v) is 10.7. The summed E-state index contributed by atoms with van der Waals surface area (Å²) >= 11 is 0. The van der Waals surface area contributed by atoms with Crippen molar-refractivity contribution in [2.75, 3.05) is 9.80 Å². The van der Waals surface area contributed by atoms with Gasteiger partial charge < -0.3 is 14.4 Å². The van der Waals surface area contributed by atoms with Crippen LogP contribution in [0, 0.1) is 13.7 Å². The number of para-hydroxylation sites is 2. The molecule has 57 heavy (non-hydrogen) atoms. The third-order valence-electron chi connectivity index (χ3n) is 10.7. The molecule has 1 heterocycles. The molecule has 0 bridgehead atoms. The van der Waals surface area contributed by atoms with Crippen LogP contribution in [0.5, 0.6) is 0 Å². The minimum absolute atomic E-state index is 0.294. The number of aryl methyl sites for hydroxylation is 2. The van der Waals surface area contributed by atoms with E-state index in [9.17, 15) is 0 Å². The van der Waals surface area contributed by atoms with Crippen molar-refractivity contribution in [3.05, 3.63) is 223 Å².